The summed E-state index contributed by atoms with van der Waals surface area (Å²) in [5.74, 6) is 1.30. The van der Waals surface area contributed by atoms with Gasteiger partial charge in [-0.1, -0.05) is 35.0 Å². The van der Waals surface area contributed by atoms with Crippen molar-refractivity contribution in [2.45, 2.75) is 17.4 Å². The third-order valence-electron chi connectivity index (χ3n) is 4.14. The number of carbonyl (C=O) groups is 1. The van der Waals surface area contributed by atoms with Gasteiger partial charge in [-0.3, -0.25) is 4.79 Å². The predicted molar refractivity (Wildman–Crippen MR) is 98.9 cm³/mol. The smallest absolute Gasteiger partial charge is 0.273 e. The van der Waals surface area contributed by atoms with Crippen LogP contribution in [-0.2, 0) is 0 Å². The van der Waals surface area contributed by atoms with Crippen LogP contribution in [0.5, 0.6) is 0 Å². The van der Waals surface area contributed by atoms with Gasteiger partial charge in [-0.25, -0.2) is 0 Å². The lowest BCUT2D eigenvalue weighted by molar-refractivity contribution is 0.0926. The zero-order chi connectivity index (χ0) is 17.2. The van der Waals surface area contributed by atoms with Crippen molar-refractivity contribution in [1.82, 2.24) is 10.5 Å². The topological polar surface area (TPSA) is 55.1 Å². The number of halogens is 1. The molecule has 1 amide bonds. The van der Waals surface area contributed by atoms with Gasteiger partial charge in [0.1, 0.15) is 0 Å². The number of nitrogens with one attached hydrogen (secondary N) is 1. The Bertz CT molecular complexity index is 908. The Hall–Kier alpha value is -2.24. The average Bonchev–Trinajstić information content (AvgIpc) is 3.13. The summed E-state index contributed by atoms with van der Waals surface area (Å²) >= 11 is 7.71. The molecule has 0 saturated heterocycles. The number of nitrogens with zero attached hydrogens (tertiary/aromatic N) is 1. The lowest BCUT2D eigenvalue weighted by Gasteiger charge is -2.25. The molecule has 6 heteroatoms. The van der Waals surface area contributed by atoms with E-state index in [2.05, 4.69) is 22.6 Å². The molecule has 1 aromatic heterocycles. The standard InChI is InChI=1S/C19H15ClN2O2S/c20-13-7-5-12(6-8-13)17-11-16(22-24-17)19(23)21-15-9-10-25-18-4-2-1-3-14(15)18/h1-8,11,15H,9-10H2,(H,21,23). The number of hydrogen-bond donors (Lipinski definition) is 1. The number of hydrogen-bond acceptors (Lipinski definition) is 4. The van der Waals surface area contributed by atoms with E-state index in [1.807, 2.05) is 36.0 Å². The van der Waals surface area contributed by atoms with Crippen molar-refractivity contribution in [1.29, 1.82) is 0 Å². The molecule has 2 heterocycles. The van der Waals surface area contributed by atoms with Crippen LogP contribution >= 0.6 is 23.4 Å². The minimum Gasteiger partial charge on any atom is -0.355 e. The van der Waals surface area contributed by atoms with Crippen LogP contribution in [0.1, 0.15) is 28.5 Å². The Morgan fingerprint density at radius 3 is 2.84 bits per heavy atom. The van der Waals surface area contributed by atoms with Crippen LogP contribution in [0.3, 0.4) is 0 Å². The monoisotopic (exact) mass is 370 g/mol. The number of benzene rings is 2. The SMILES string of the molecule is O=C(NC1CCSc2ccccc21)c1cc(-c2ccc(Cl)cc2)on1. The minimum absolute atomic E-state index is 0.000585. The Labute approximate surface area is 154 Å². The Morgan fingerprint density at radius 2 is 2.00 bits per heavy atom. The van der Waals surface area contributed by atoms with Crippen molar-refractivity contribution in [2.75, 3.05) is 5.75 Å². The first-order chi connectivity index (χ1) is 12.2. The Kier molecular flexibility index (Phi) is 4.51. The summed E-state index contributed by atoms with van der Waals surface area (Å²) < 4.78 is 5.31. The van der Waals surface area contributed by atoms with Crippen molar-refractivity contribution < 1.29 is 9.32 Å². The number of amides is 1. The minimum atomic E-state index is -0.226. The number of rotatable bonds is 3. The number of carbonyl (C=O) groups excluding carboxylic acids is 1. The van der Waals surface area contributed by atoms with Gasteiger partial charge in [-0.15, -0.1) is 11.8 Å². The van der Waals surface area contributed by atoms with Crippen LogP contribution in [0.15, 0.2) is 64.0 Å². The summed E-state index contributed by atoms with van der Waals surface area (Å²) in [4.78, 5) is 13.8. The molecule has 1 atom stereocenters. The molecule has 0 bridgehead atoms. The van der Waals surface area contributed by atoms with Crippen molar-refractivity contribution in [3.05, 3.63) is 70.9 Å². The van der Waals surface area contributed by atoms with Crippen LogP contribution < -0.4 is 5.32 Å². The quantitative estimate of drug-likeness (QED) is 0.707. The third-order valence-corrected chi connectivity index (χ3v) is 5.51. The molecule has 0 spiro atoms. The molecule has 126 valence electrons. The highest BCUT2D eigenvalue weighted by Gasteiger charge is 2.23. The molecule has 0 saturated carbocycles. The van der Waals surface area contributed by atoms with Crippen LogP contribution in [-0.4, -0.2) is 16.8 Å². The molecule has 0 fully saturated rings. The molecule has 1 aliphatic rings. The van der Waals surface area contributed by atoms with Gasteiger partial charge in [0.15, 0.2) is 11.5 Å². The zero-order valence-electron chi connectivity index (χ0n) is 13.2. The maximum absolute atomic E-state index is 12.6. The van der Waals surface area contributed by atoms with E-state index in [9.17, 15) is 4.79 Å². The molecule has 1 aliphatic heterocycles. The summed E-state index contributed by atoms with van der Waals surface area (Å²) in [5, 5.41) is 7.63. The molecule has 1 N–H and O–H groups in total. The van der Waals surface area contributed by atoms with Gasteiger partial charge >= 0.3 is 0 Å². The number of fused-ring (bicyclic) bond motifs is 1. The molecule has 1 unspecified atom stereocenters. The first-order valence-corrected chi connectivity index (χ1v) is 9.32. The summed E-state index contributed by atoms with van der Waals surface area (Å²) in [5.41, 5.74) is 2.27. The van der Waals surface area contributed by atoms with Gasteiger partial charge in [0.05, 0.1) is 6.04 Å². The van der Waals surface area contributed by atoms with Gasteiger partial charge in [-0.05, 0) is 42.3 Å². The first kappa shape index (κ1) is 16.2. The van der Waals surface area contributed by atoms with Crippen LogP contribution in [0.2, 0.25) is 5.02 Å². The zero-order valence-corrected chi connectivity index (χ0v) is 14.8. The second-order valence-electron chi connectivity index (χ2n) is 5.78. The fourth-order valence-corrected chi connectivity index (χ4v) is 4.11. The maximum atomic E-state index is 12.6. The molecule has 25 heavy (non-hydrogen) atoms. The van der Waals surface area contributed by atoms with E-state index in [0.29, 0.717) is 10.8 Å². The highest BCUT2D eigenvalue weighted by atomic mass is 35.5. The normalized spacial score (nSPS) is 16.3. The Balaban J connectivity index is 1.52. The predicted octanol–water partition coefficient (Wildman–Crippen LogP) is 4.96. The molecular formula is C19H15ClN2O2S. The summed E-state index contributed by atoms with van der Waals surface area (Å²) in [6.45, 7) is 0. The molecule has 0 radical (unpaired) electrons. The average molecular weight is 371 g/mol. The van der Waals surface area contributed by atoms with E-state index < -0.39 is 0 Å². The van der Waals surface area contributed by atoms with Crippen LogP contribution in [0, 0.1) is 0 Å². The first-order valence-electron chi connectivity index (χ1n) is 7.96. The van der Waals surface area contributed by atoms with Crippen molar-refractivity contribution in [3.8, 4) is 11.3 Å². The Morgan fingerprint density at radius 1 is 1.20 bits per heavy atom. The molecular weight excluding hydrogens is 356 g/mol. The molecule has 3 aromatic rings. The molecule has 0 aliphatic carbocycles. The second-order valence-corrected chi connectivity index (χ2v) is 7.36. The van der Waals surface area contributed by atoms with E-state index in [-0.39, 0.29) is 17.6 Å². The summed E-state index contributed by atoms with van der Waals surface area (Å²) in [6.07, 6.45) is 0.898. The van der Waals surface area contributed by atoms with E-state index in [4.69, 9.17) is 16.1 Å². The van der Waals surface area contributed by atoms with Crippen molar-refractivity contribution in [3.63, 3.8) is 0 Å². The van der Waals surface area contributed by atoms with Gasteiger partial charge in [0, 0.05) is 27.3 Å². The van der Waals surface area contributed by atoms with Gasteiger partial charge in [-0.2, -0.15) is 0 Å². The summed E-state index contributed by atoms with van der Waals surface area (Å²) in [7, 11) is 0. The number of aromatic nitrogens is 1. The van der Waals surface area contributed by atoms with E-state index in [1.165, 1.54) is 4.90 Å². The van der Waals surface area contributed by atoms with Crippen molar-refractivity contribution >= 4 is 29.3 Å². The fraction of sp³-hybridized carbons (Fsp3) is 0.158. The van der Waals surface area contributed by atoms with E-state index in [0.717, 1.165) is 23.3 Å². The lowest BCUT2D eigenvalue weighted by atomic mass is 10.0. The highest BCUT2D eigenvalue weighted by molar-refractivity contribution is 7.99. The van der Waals surface area contributed by atoms with E-state index in [1.54, 1.807) is 18.2 Å². The third kappa shape index (κ3) is 3.43. The molecule has 2 aromatic carbocycles. The fourth-order valence-electron chi connectivity index (χ4n) is 2.86. The number of thioether (sulfide) groups is 1. The van der Waals surface area contributed by atoms with Gasteiger partial charge < -0.3 is 9.84 Å². The van der Waals surface area contributed by atoms with Gasteiger partial charge in [0.25, 0.3) is 5.91 Å². The lowest BCUT2D eigenvalue weighted by Crippen LogP contribution is -2.30. The maximum Gasteiger partial charge on any atom is 0.273 e. The van der Waals surface area contributed by atoms with E-state index >= 15 is 0 Å². The molecule has 4 rings (SSSR count). The summed E-state index contributed by atoms with van der Waals surface area (Å²) in [6, 6.07) is 17.0. The second kappa shape index (κ2) is 6.94. The van der Waals surface area contributed by atoms with Crippen LogP contribution in [0.25, 0.3) is 11.3 Å². The van der Waals surface area contributed by atoms with Crippen LogP contribution in [0.4, 0.5) is 0 Å². The van der Waals surface area contributed by atoms with Crippen molar-refractivity contribution in [2.24, 2.45) is 0 Å². The highest BCUT2D eigenvalue weighted by Crippen LogP contribution is 2.36. The van der Waals surface area contributed by atoms with Gasteiger partial charge in [0.2, 0.25) is 0 Å². The molecule has 4 nitrogen and oxygen atoms in total. The largest absolute Gasteiger partial charge is 0.355 e.